The zero-order valence-corrected chi connectivity index (χ0v) is 22.8. The van der Waals surface area contributed by atoms with E-state index in [4.69, 9.17) is 0 Å². The molecule has 1 aliphatic carbocycles. The van der Waals surface area contributed by atoms with Crippen molar-refractivity contribution in [2.45, 2.75) is 95.6 Å². The first kappa shape index (κ1) is 28.4. The van der Waals surface area contributed by atoms with Crippen molar-refractivity contribution in [3.63, 3.8) is 0 Å². The molecule has 2 aromatic rings. The molecule has 1 saturated carbocycles. The maximum absolute atomic E-state index is 14.0. The topological polar surface area (TPSA) is 48.5 Å². The van der Waals surface area contributed by atoms with Gasteiger partial charge >= 0.3 is 6.18 Å². The van der Waals surface area contributed by atoms with Crippen LogP contribution in [0, 0.1) is 5.92 Å². The van der Waals surface area contributed by atoms with Crippen LogP contribution in [0.2, 0.25) is 0 Å². The number of nitrogens with zero attached hydrogens (tertiary/aromatic N) is 3. The van der Waals surface area contributed by atoms with Crippen molar-refractivity contribution in [3.8, 4) is 0 Å². The van der Waals surface area contributed by atoms with Crippen molar-refractivity contribution in [1.29, 1.82) is 0 Å². The summed E-state index contributed by atoms with van der Waals surface area (Å²) in [5, 5.41) is 3.59. The van der Waals surface area contributed by atoms with E-state index in [1.54, 1.807) is 19.0 Å². The summed E-state index contributed by atoms with van der Waals surface area (Å²) in [6, 6.07) is 11.2. The fourth-order valence-electron chi connectivity index (χ4n) is 6.20. The lowest BCUT2D eigenvalue weighted by Crippen LogP contribution is -2.44. The molecule has 8 heteroatoms. The van der Waals surface area contributed by atoms with Gasteiger partial charge in [-0.15, -0.1) is 0 Å². The van der Waals surface area contributed by atoms with Gasteiger partial charge in [0.05, 0.1) is 11.6 Å². The largest absolute Gasteiger partial charge is 0.417 e. The molecule has 1 aromatic carbocycles. The van der Waals surface area contributed by atoms with Crippen molar-refractivity contribution in [3.05, 3.63) is 59.3 Å². The highest BCUT2D eigenvalue weighted by atomic mass is 19.4. The third-order valence-electron chi connectivity index (χ3n) is 8.09. The quantitative estimate of drug-likeness (QED) is 0.390. The average Bonchev–Trinajstić information content (AvgIpc) is 3.28. The molecule has 0 spiro atoms. The Morgan fingerprint density at radius 3 is 2.47 bits per heavy atom. The van der Waals surface area contributed by atoms with Gasteiger partial charge in [-0.3, -0.25) is 4.79 Å². The molecular weight excluding hydrogens is 489 g/mol. The van der Waals surface area contributed by atoms with Crippen LogP contribution in [-0.4, -0.2) is 42.0 Å². The molecule has 1 aromatic heterocycles. The minimum Gasteiger partial charge on any atom is -0.362 e. The Morgan fingerprint density at radius 1 is 1.13 bits per heavy atom. The molecule has 1 aliphatic heterocycles. The second kappa shape index (κ2) is 12.5. The van der Waals surface area contributed by atoms with E-state index in [0.717, 1.165) is 63.1 Å². The minimum absolute atomic E-state index is 0.0610. The summed E-state index contributed by atoms with van der Waals surface area (Å²) < 4.78 is 40.5. The summed E-state index contributed by atoms with van der Waals surface area (Å²) in [5.74, 6) is 0.821. The van der Waals surface area contributed by atoms with Crippen molar-refractivity contribution in [1.82, 2.24) is 15.2 Å². The minimum atomic E-state index is -4.46. The number of amides is 1. The van der Waals surface area contributed by atoms with E-state index in [1.807, 2.05) is 18.2 Å². The van der Waals surface area contributed by atoms with Crippen LogP contribution in [0.15, 0.2) is 42.6 Å². The summed E-state index contributed by atoms with van der Waals surface area (Å²) >= 11 is 0. The predicted molar refractivity (Wildman–Crippen MR) is 145 cm³/mol. The smallest absolute Gasteiger partial charge is 0.362 e. The number of carbonyl (C=O) groups excluding carboxylic acids is 1. The van der Waals surface area contributed by atoms with E-state index in [-0.39, 0.29) is 36.5 Å². The molecule has 5 nitrogen and oxygen atoms in total. The van der Waals surface area contributed by atoms with Crippen LogP contribution < -0.4 is 10.2 Å². The van der Waals surface area contributed by atoms with Gasteiger partial charge in [-0.2, -0.15) is 13.2 Å². The Balaban J connectivity index is 1.66. The zero-order chi connectivity index (χ0) is 27.3. The molecule has 38 heavy (non-hydrogen) atoms. The van der Waals surface area contributed by atoms with Gasteiger partial charge in [-0.25, -0.2) is 4.98 Å². The molecular formula is C30H41F3N4O. The first-order valence-electron chi connectivity index (χ1n) is 14.0. The summed E-state index contributed by atoms with van der Waals surface area (Å²) in [7, 11) is 3.57. The summed E-state index contributed by atoms with van der Waals surface area (Å²) in [6.07, 6.45) is 5.51. The number of aromatic nitrogens is 1. The number of hydrogen-bond acceptors (Lipinski definition) is 4. The summed E-state index contributed by atoms with van der Waals surface area (Å²) in [4.78, 5) is 22.0. The molecule has 0 radical (unpaired) electrons. The third-order valence-corrected chi connectivity index (χ3v) is 8.09. The van der Waals surface area contributed by atoms with Crippen LogP contribution in [0.3, 0.4) is 0 Å². The summed E-state index contributed by atoms with van der Waals surface area (Å²) in [5.41, 5.74) is 0.822. The van der Waals surface area contributed by atoms with Crippen LogP contribution >= 0.6 is 0 Å². The van der Waals surface area contributed by atoms with Gasteiger partial charge in [-0.1, -0.05) is 69.4 Å². The van der Waals surface area contributed by atoms with Crippen LogP contribution in [-0.2, 0) is 17.5 Å². The molecule has 208 valence electrons. The maximum Gasteiger partial charge on any atom is 0.417 e. The monoisotopic (exact) mass is 530 g/mol. The Bertz CT molecular complexity index is 1050. The number of nitrogens with one attached hydrogen (secondary N) is 1. The second-order valence-corrected chi connectivity index (χ2v) is 11.1. The summed E-state index contributed by atoms with van der Waals surface area (Å²) in [6.45, 7) is 2.40. The number of pyridine rings is 1. The standard InChI is InChI=1S/C30H41F3N4O/c1-4-5-16-25-18-26(34-19-23-17-24(30(31,32)33)20-35-28(23)36(2)3)27(21-12-8-6-9-13-21)37(25)29(38)22-14-10-7-11-15-22/h6,8-9,12-13,17,20,22,25-27,34H,4-5,7,10-11,14-16,18-19H2,1-3H3. The van der Waals surface area contributed by atoms with E-state index in [0.29, 0.717) is 11.4 Å². The molecule has 1 amide bonds. The average molecular weight is 531 g/mol. The van der Waals surface area contributed by atoms with Crippen LogP contribution in [0.5, 0.6) is 0 Å². The molecule has 2 aliphatic rings. The number of hydrogen-bond donors (Lipinski definition) is 1. The molecule has 1 saturated heterocycles. The molecule has 1 N–H and O–H groups in total. The fourth-order valence-corrected chi connectivity index (χ4v) is 6.20. The molecule has 0 bridgehead atoms. The van der Waals surface area contributed by atoms with E-state index in [2.05, 4.69) is 34.3 Å². The van der Waals surface area contributed by atoms with E-state index in [9.17, 15) is 18.0 Å². The highest BCUT2D eigenvalue weighted by molar-refractivity contribution is 5.80. The number of likely N-dealkylation sites (tertiary alicyclic amines) is 1. The van der Waals surface area contributed by atoms with Gasteiger partial charge in [-0.05, 0) is 37.3 Å². The van der Waals surface area contributed by atoms with Crippen molar-refractivity contribution in [2.75, 3.05) is 19.0 Å². The number of rotatable bonds is 9. The van der Waals surface area contributed by atoms with Crippen LogP contribution in [0.4, 0.5) is 19.0 Å². The van der Waals surface area contributed by atoms with E-state index in [1.165, 1.54) is 12.5 Å². The highest BCUT2D eigenvalue weighted by Gasteiger charge is 2.45. The van der Waals surface area contributed by atoms with Crippen LogP contribution in [0.25, 0.3) is 0 Å². The number of alkyl halides is 3. The Morgan fingerprint density at radius 2 is 1.84 bits per heavy atom. The van der Waals surface area contributed by atoms with E-state index < -0.39 is 11.7 Å². The van der Waals surface area contributed by atoms with Gasteiger partial charge in [0.1, 0.15) is 5.82 Å². The van der Waals surface area contributed by atoms with Gasteiger partial charge in [0.15, 0.2) is 0 Å². The number of anilines is 1. The lowest BCUT2D eigenvalue weighted by molar-refractivity contribution is -0.140. The normalized spacial score (nSPS) is 22.6. The SMILES string of the molecule is CCCCC1CC(NCc2cc(C(F)(F)F)cnc2N(C)C)C(c2ccccc2)N1C(=O)C1CCCCC1. The fraction of sp³-hybridized carbons (Fsp3) is 0.600. The molecule has 2 fully saturated rings. The highest BCUT2D eigenvalue weighted by Crippen LogP contribution is 2.41. The predicted octanol–water partition coefficient (Wildman–Crippen LogP) is 6.74. The zero-order valence-electron chi connectivity index (χ0n) is 22.8. The lowest BCUT2D eigenvalue weighted by atomic mass is 9.87. The van der Waals surface area contributed by atoms with Crippen molar-refractivity contribution in [2.24, 2.45) is 5.92 Å². The molecule has 4 rings (SSSR count). The van der Waals surface area contributed by atoms with Crippen LogP contribution in [0.1, 0.15) is 87.4 Å². The van der Waals surface area contributed by atoms with Crippen molar-refractivity contribution >= 4 is 11.7 Å². The molecule has 2 heterocycles. The third kappa shape index (κ3) is 6.50. The first-order valence-corrected chi connectivity index (χ1v) is 14.0. The molecule has 3 unspecified atom stereocenters. The van der Waals surface area contributed by atoms with Gasteiger partial charge < -0.3 is 15.1 Å². The van der Waals surface area contributed by atoms with Gasteiger partial charge in [0.25, 0.3) is 0 Å². The Hall–Kier alpha value is -2.61. The van der Waals surface area contributed by atoms with Gasteiger partial charge in [0.2, 0.25) is 5.91 Å². The van der Waals surface area contributed by atoms with Gasteiger partial charge in [0, 0.05) is 50.4 Å². The van der Waals surface area contributed by atoms with Crippen molar-refractivity contribution < 1.29 is 18.0 Å². The number of halogens is 3. The second-order valence-electron chi connectivity index (χ2n) is 11.1. The Kier molecular flexibility index (Phi) is 9.34. The lowest BCUT2D eigenvalue weighted by Gasteiger charge is -2.36. The van der Waals surface area contributed by atoms with E-state index >= 15 is 0 Å². The Labute approximate surface area is 224 Å². The number of benzene rings is 1. The first-order chi connectivity index (χ1) is 18.2. The molecule has 3 atom stereocenters. The maximum atomic E-state index is 14.0. The number of carbonyl (C=O) groups is 1. The number of unbranched alkanes of at least 4 members (excludes halogenated alkanes) is 1.